The van der Waals surface area contributed by atoms with E-state index in [0.717, 1.165) is 51.5 Å². The first kappa shape index (κ1) is 15.5. The Morgan fingerprint density at radius 1 is 1.22 bits per heavy atom. The summed E-state index contributed by atoms with van der Waals surface area (Å²) >= 11 is 0. The van der Waals surface area contributed by atoms with Gasteiger partial charge in [0.05, 0.1) is 0 Å². The molecule has 0 aromatic heterocycles. The monoisotopic (exact) mass is 255 g/mol. The molecule has 18 heavy (non-hydrogen) atoms. The van der Waals surface area contributed by atoms with Gasteiger partial charge in [0.15, 0.2) is 0 Å². The fourth-order valence-corrected chi connectivity index (χ4v) is 2.25. The molecule has 106 valence electrons. The van der Waals surface area contributed by atoms with Gasteiger partial charge in [0.25, 0.3) is 0 Å². The molecular weight excluding hydrogens is 226 g/mol. The van der Waals surface area contributed by atoms with Gasteiger partial charge in [-0.1, -0.05) is 27.7 Å². The van der Waals surface area contributed by atoms with E-state index in [0.29, 0.717) is 11.8 Å². The van der Waals surface area contributed by atoms with Gasteiger partial charge in [0, 0.05) is 32.2 Å². The van der Waals surface area contributed by atoms with Gasteiger partial charge in [-0.25, -0.2) is 0 Å². The molecule has 0 aromatic carbocycles. The molecule has 1 aliphatic heterocycles. The quantitative estimate of drug-likeness (QED) is 0.683. The maximum atomic E-state index is 11.8. The van der Waals surface area contributed by atoms with Crippen molar-refractivity contribution < 1.29 is 9.53 Å². The van der Waals surface area contributed by atoms with E-state index in [4.69, 9.17) is 4.74 Å². The zero-order valence-electron chi connectivity index (χ0n) is 12.4. The van der Waals surface area contributed by atoms with Crippen LogP contribution in [0, 0.1) is 17.8 Å². The number of piperidine rings is 1. The largest absolute Gasteiger partial charge is 0.381 e. The van der Waals surface area contributed by atoms with Crippen molar-refractivity contribution in [3.05, 3.63) is 0 Å². The molecule has 3 heteroatoms. The van der Waals surface area contributed by atoms with Crippen LogP contribution in [0.1, 0.15) is 47.0 Å². The zero-order valence-corrected chi connectivity index (χ0v) is 12.4. The first-order chi connectivity index (χ1) is 8.50. The van der Waals surface area contributed by atoms with Crippen LogP contribution >= 0.6 is 0 Å². The van der Waals surface area contributed by atoms with Crippen molar-refractivity contribution in [2.45, 2.75) is 47.0 Å². The van der Waals surface area contributed by atoms with Crippen LogP contribution in [0.25, 0.3) is 0 Å². The minimum absolute atomic E-state index is 0.129. The van der Waals surface area contributed by atoms with E-state index < -0.39 is 0 Å². The fourth-order valence-electron chi connectivity index (χ4n) is 2.25. The molecule has 0 bridgehead atoms. The van der Waals surface area contributed by atoms with Gasteiger partial charge in [-0.3, -0.25) is 4.79 Å². The van der Waals surface area contributed by atoms with Crippen LogP contribution in [0.15, 0.2) is 0 Å². The van der Waals surface area contributed by atoms with Gasteiger partial charge in [0.1, 0.15) is 0 Å². The van der Waals surface area contributed by atoms with Crippen molar-refractivity contribution in [1.82, 2.24) is 4.90 Å². The lowest BCUT2D eigenvalue weighted by atomic mass is 9.97. The number of likely N-dealkylation sites (tertiary alicyclic amines) is 1. The first-order valence-corrected chi connectivity index (χ1v) is 7.37. The summed E-state index contributed by atoms with van der Waals surface area (Å²) in [6.45, 7) is 12.0. The van der Waals surface area contributed by atoms with Crippen LogP contribution in [-0.4, -0.2) is 37.1 Å². The van der Waals surface area contributed by atoms with E-state index in [1.54, 1.807) is 0 Å². The number of ether oxygens (including phenoxy) is 1. The Labute approximate surface area is 112 Å². The molecule has 0 atom stereocenters. The molecule has 0 radical (unpaired) electrons. The molecule has 0 N–H and O–H groups in total. The van der Waals surface area contributed by atoms with E-state index >= 15 is 0 Å². The Morgan fingerprint density at radius 3 is 2.33 bits per heavy atom. The Hall–Kier alpha value is -0.570. The average Bonchev–Trinajstić information content (AvgIpc) is 2.34. The Kier molecular flexibility index (Phi) is 6.69. The summed E-state index contributed by atoms with van der Waals surface area (Å²) in [4.78, 5) is 13.8. The summed E-state index contributed by atoms with van der Waals surface area (Å²) in [7, 11) is 0. The highest BCUT2D eigenvalue weighted by atomic mass is 16.5. The maximum Gasteiger partial charge on any atom is 0.225 e. The van der Waals surface area contributed by atoms with Crippen LogP contribution in [0.4, 0.5) is 0 Å². The van der Waals surface area contributed by atoms with E-state index in [9.17, 15) is 4.79 Å². The highest BCUT2D eigenvalue weighted by molar-refractivity contribution is 5.78. The minimum atomic E-state index is 0.129. The molecule has 1 fully saturated rings. The number of hydrogen-bond donors (Lipinski definition) is 0. The van der Waals surface area contributed by atoms with E-state index in [1.165, 1.54) is 0 Å². The highest BCUT2D eigenvalue weighted by Gasteiger charge is 2.24. The van der Waals surface area contributed by atoms with Gasteiger partial charge < -0.3 is 9.64 Å². The van der Waals surface area contributed by atoms with Crippen LogP contribution in [-0.2, 0) is 9.53 Å². The molecule has 3 nitrogen and oxygen atoms in total. The second-order valence-electron chi connectivity index (χ2n) is 6.18. The number of nitrogens with zero attached hydrogens (tertiary/aromatic N) is 1. The lowest BCUT2D eigenvalue weighted by Gasteiger charge is -2.33. The van der Waals surface area contributed by atoms with Crippen molar-refractivity contribution in [3.8, 4) is 0 Å². The molecule has 1 heterocycles. The van der Waals surface area contributed by atoms with E-state index in [-0.39, 0.29) is 5.92 Å². The van der Waals surface area contributed by atoms with Crippen molar-refractivity contribution >= 4 is 5.91 Å². The van der Waals surface area contributed by atoms with Crippen LogP contribution in [0.3, 0.4) is 0 Å². The van der Waals surface area contributed by atoms with Crippen molar-refractivity contribution in [1.29, 1.82) is 0 Å². The number of carbonyl (C=O) groups is 1. The van der Waals surface area contributed by atoms with Crippen molar-refractivity contribution in [2.24, 2.45) is 17.8 Å². The van der Waals surface area contributed by atoms with Gasteiger partial charge in [-0.05, 0) is 31.1 Å². The number of amides is 1. The standard InChI is InChI=1S/C15H29NO2/c1-12(2)7-10-18-11-14-5-8-16(9-6-14)15(17)13(3)4/h12-14H,5-11H2,1-4H3. The molecular formula is C15H29NO2. The Bertz CT molecular complexity index is 243. The molecule has 1 saturated heterocycles. The fraction of sp³-hybridized carbons (Fsp3) is 0.933. The first-order valence-electron chi connectivity index (χ1n) is 7.37. The van der Waals surface area contributed by atoms with Gasteiger partial charge in [0.2, 0.25) is 5.91 Å². The highest BCUT2D eigenvalue weighted by Crippen LogP contribution is 2.19. The summed E-state index contributed by atoms with van der Waals surface area (Å²) in [6.07, 6.45) is 3.34. The Balaban J connectivity index is 2.14. The lowest BCUT2D eigenvalue weighted by molar-refractivity contribution is -0.136. The molecule has 0 unspecified atom stereocenters. The second-order valence-corrected chi connectivity index (χ2v) is 6.18. The molecule has 0 aliphatic carbocycles. The summed E-state index contributed by atoms with van der Waals surface area (Å²) in [6, 6.07) is 0. The zero-order chi connectivity index (χ0) is 13.5. The third kappa shape index (κ3) is 5.38. The summed E-state index contributed by atoms with van der Waals surface area (Å²) in [5.74, 6) is 1.79. The van der Waals surface area contributed by atoms with Crippen LogP contribution in [0.2, 0.25) is 0 Å². The van der Waals surface area contributed by atoms with Crippen LogP contribution in [0.5, 0.6) is 0 Å². The number of carbonyl (C=O) groups excluding carboxylic acids is 1. The third-order valence-corrected chi connectivity index (χ3v) is 3.61. The summed E-state index contributed by atoms with van der Waals surface area (Å²) in [5.41, 5.74) is 0. The smallest absolute Gasteiger partial charge is 0.225 e. The maximum absolute atomic E-state index is 11.8. The summed E-state index contributed by atoms with van der Waals surface area (Å²) in [5, 5.41) is 0. The lowest BCUT2D eigenvalue weighted by Crippen LogP contribution is -2.41. The van der Waals surface area contributed by atoms with Gasteiger partial charge in [-0.2, -0.15) is 0 Å². The van der Waals surface area contributed by atoms with Crippen molar-refractivity contribution in [3.63, 3.8) is 0 Å². The SMILES string of the molecule is CC(C)CCOCC1CCN(C(=O)C(C)C)CC1. The molecule has 1 amide bonds. The van der Waals surface area contributed by atoms with E-state index in [2.05, 4.69) is 13.8 Å². The van der Waals surface area contributed by atoms with Crippen LogP contribution < -0.4 is 0 Å². The predicted octanol–water partition coefficient (Wildman–Crippen LogP) is 2.94. The molecule has 0 aromatic rings. The Morgan fingerprint density at radius 2 is 1.83 bits per heavy atom. The number of hydrogen-bond acceptors (Lipinski definition) is 2. The topological polar surface area (TPSA) is 29.5 Å². The molecule has 0 saturated carbocycles. The normalized spacial score (nSPS) is 17.8. The van der Waals surface area contributed by atoms with E-state index in [1.807, 2.05) is 18.7 Å². The predicted molar refractivity (Wildman–Crippen MR) is 74.4 cm³/mol. The minimum Gasteiger partial charge on any atom is -0.381 e. The van der Waals surface area contributed by atoms with Gasteiger partial charge in [-0.15, -0.1) is 0 Å². The van der Waals surface area contributed by atoms with Gasteiger partial charge >= 0.3 is 0 Å². The summed E-state index contributed by atoms with van der Waals surface area (Å²) < 4.78 is 5.72. The van der Waals surface area contributed by atoms with Crippen molar-refractivity contribution in [2.75, 3.05) is 26.3 Å². The number of rotatable bonds is 6. The molecule has 1 rings (SSSR count). The molecule has 1 aliphatic rings. The second kappa shape index (κ2) is 7.78. The third-order valence-electron chi connectivity index (χ3n) is 3.61. The average molecular weight is 255 g/mol. The molecule has 0 spiro atoms.